The van der Waals surface area contributed by atoms with Crippen molar-refractivity contribution in [2.24, 2.45) is 29.1 Å². The number of nitrogens with one attached hydrogen (secondary N) is 2. The van der Waals surface area contributed by atoms with Crippen molar-refractivity contribution in [2.45, 2.75) is 52.7 Å². The second-order valence-electron chi connectivity index (χ2n) is 11.3. The van der Waals surface area contributed by atoms with Gasteiger partial charge in [0.25, 0.3) is 0 Å². The molecule has 2 aromatic rings. The van der Waals surface area contributed by atoms with Crippen molar-refractivity contribution in [1.29, 1.82) is 0 Å². The minimum absolute atomic E-state index is 0.0223. The molecule has 7 atom stereocenters. The molecule has 0 radical (unpaired) electrons. The molecular weight excluding hydrogens is 476 g/mol. The van der Waals surface area contributed by atoms with Gasteiger partial charge in [-0.2, -0.15) is 0 Å². The molecule has 1 aromatic carbocycles. The van der Waals surface area contributed by atoms with Crippen LogP contribution < -0.4 is 5.32 Å². The lowest BCUT2D eigenvalue weighted by atomic mass is 9.55. The standard InChI is InChI=1S/C32H36N2O4/c1-18-8-7-9-23-15-19(2)21(4)29-26(16-22-17-33-25-11-6-5-10-24(22)25)34-31(38)32(23,29)28(36)13-12-27(35)30(37)20(3)14-18/h5-7,9-15,17-18,21,23,26,29-30,33,37H,8,16H2,1-4H3,(H,34,38)/b9-7+,13-12+,20-14+/t18-,21+,23-,26-,29-,30+,32+/m0/s1. The van der Waals surface area contributed by atoms with E-state index < -0.39 is 23.2 Å². The number of rotatable bonds is 2. The third-order valence-corrected chi connectivity index (χ3v) is 8.90. The molecule has 1 aliphatic heterocycles. The first-order valence-corrected chi connectivity index (χ1v) is 13.5. The van der Waals surface area contributed by atoms with Gasteiger partial charge in [-0.15, -0.1) is 0 Å². The number of aromatic amines is 1. The quantitative estimate of drug-likeness (QED) is 0.404. The van der Waals surface area contributed by atoms with E-state index in [2.05, 4.69) is 36.3 Å². The maximum Gasteiger partial charge on any atom is 0.235 e. The summed E-state index contributed by atoms with van der Waals surface area (Å²) in [5.41, 5.74) is 2.47. The average molecular weight is 513 g/mol. The Labute approximate surface area is 223 Å². The predicted octanol–water partition coefficient (Wildman–Crippen LogP) is 4.62. The summed E-state index contributed by atoms with van der Waals surface area (Å²) in [6, 6.07) is 7.82. The van der Waals surface area contributed by atoms with Gasteiger partial charge in [-0.25, -0.2) is 0 Å². The number of ketones is 2. The Morgan fingerprint density at radius 2 is 1.79 bits per heavy atom. The van der Waals surface area contributed by atoms with Crippen molar-refractivity contribution in [1.82, 2.24) is 10.3 Å². The van der Waals surface area contributed by atoms with E-state index in [4.69, 9.17) is 0 Å². The van der Waals surface area contributed by atoms with Crippen molar-refractivity contribution in [3.05, 3.63) is 83.6 Å². The highest BCUT2D eigenvalue weighted by Gasteiger charge is 2.64. The largest absolute Gasteiger partial charge is 0.381 e. The van der Waals surface area contributed by atoms with Crippen LogP contribution in [0.2, 0.25) is 0 Å². The maximum absolute atomic E-state index is 14.1. The number of hydrogen-bond acceptors (Lipinski definition) is 4. The molecule has 3 N–H and O–H groups in total. The zero-order valence-corrected chi connectivity index (χ0v) is 22.4. The molecule has 6 heteroatoms. The first-order chi connectivity index (χ1) is 18.1. The molecule has 198 valence electrons. The van der Waals surface area contributed by atoms with Gasteiger partial charge in [0.2, 0.25) is 5.91 Å². The summed E-state index contributed by atoms with van der Waals surface area (Å²) in [6.45, 7) is 7.90. The molecule has 1 aromatic heterocycles. The molecular formula is C32H36N2O4. The Bertz CT molecular complexity index is 1410. The number of amides is 1. The fourth-order valence-corrected chi connectivity index (χ4v) is 6.83. The van der Waals surface area contributed by atoms with Crippen LogP contribution in [0.1, 0.15) is 39.7 Å². The summed E-state index contributed by atoms with van der Waals surface area (Å²) < 4.78 is 0. The number of aromatic nitrogens is 1. The van der Waals surface area contributed by atoms with E-state index in [9.17, 15) is 19.5 Å². The number of allylic oxidation sites excluding steroid dienone is 6. The Hall–Kier alpha value is -3.51. The van der Waals surface area contributed by atoms with Gasteiger partial charge in [0.1, 0.15) is 11.5 Å². The van der Waals surface area contributed by atoms with Crippen LogP contribution in [-0.4, -0.2) is 39.7 Å². The van der Waals surface area contributed by atoms with Crippen LogP contribution in [0.4, 0.5) is 0 Å². The van der Waals surface area contributed by atoms with Crippen LogP contribution in [0.3, 0.4) is 0 Å². The number of fused-ring (bicyclic) bond motifs is 1. The number of para-hydroxylation sites is 1. The Balaban J connectivity index is 1.61. The molecule has 2 aliphatic carbocycles. The van der Waals surface area contributed by atoms with Gasteiger partial charge in [-0.1, -0.05) is 61.9 Å². The predicted molar refractivity (Wildman–Crippen MR) is 148 cm³/mol. The zero-order chi connectivity index (χ0) is 27.2. The third-order valence-electron chi connectivity index (χ3n) is 8.90. The molecule has 1 spiro atoms. The minimum Gasteiger partial charge on any atom is -0.381 e. The van der Waals surface area contributed by atoms with Crippen LogP contribution in [0.5, 0.6) is 0 Å². The van der Waals surface area contributed by atoms with E-state index >= 15 is 0 Å². The van der Waals surface area contributed by atoms with Crippen molar-refractivity contribution in [3.8, 4) is 0 Å². The summed E-state index contributed by atoms with van der Waals surface area (Å²) in [4.78, 5) is 44.2. The summed E-state index contributed by atoms with van der Waals surface area (Å²) in [7, 11) is 0. The monoisotopic (exact) mass is 512 g/mol. The molecule has 3 aliphatic rings. The fourth-order valence-electron chi connectivity index (χ4n) is 6.83. The average Bonchev–Trinajstić information content (AvgIpc) is 3.43. The van der Waals surface area contributed by atoms with E-state index in [0.29, 0.717) is 18.4 Å². The highest BCUT2D eigenvalue weighted by molar-refractivity contribution is 6.15. The zero-order valence-electron chi connectivity index (χ0n) is 22.4. The van der Waals surface area contributed by atoms with Crippen molar-refractivity contribution < 1.29 is 19.5 Å². The summed E-state index contributed by atoms with van der Waals surface area (Å²) in [6.07, 6.45) is 12.3. The van der Waals surface area contributed by atoms with Crippen molar-refractivity contribution in [2.75, 3.05) is 0 Å². The number of aliphatic hydroxyl groups excluding tert-OH is 1. The smallest absolute Gasteiger partial charge is 0.235 e. The first kappa shape index (κ1) is 26.1. The van der Waals surface area contributed by atoms with E-state index in [1.54, 1.807) is 6.92 Å². The topological polar surface area (TPSA) is 99.3 Å². The molecule has 38 heavy (non-hydrogen) atoms. The first-order valence-electron chi connectivity index (χ1n) is 13.5. The number of benzene rings is 1. The lowest BCUT2D eigenvalue weighted by molar-refractivity contribution is -0.142. The van der Waals surface area contributed by atoms with Gasteiger partial charge in [0.05, 0.1) is 0 Å². The summed E-state index contributed by atoms with van der Waals surface area (Å²) in [5, 5.41) is 14.8. The molecule has 0 bridgehead atoms. The Morgan fingerprint density at radius 1 is 1.03 bits per heavy atom. The number of H-pyrrole nitrogens is 1. The van der Waals surface area contributed by atoms with Crippen LogP contribution in [0.15, 0.2) is 78.1 Å². The minimum atomic E-state index is -1.37. The maximum atomic E-state index is 14.1. The molecule has 0 saturated carbocycles. The van der Waals surface area contributed by atoms with Crippen molar-refractivity contribution >= 4 is 28.4 Å². The van der Waals surface area contributed by atoms with Crippen LogP contribution >= 0.6 is 0 Å². The highest BCUT2D eigenvalue weighted by Crippen LogP contribution is 2.54. The summed E-state index contributed by atoms with van der Waals surface area (Å²) in [5.74, 6) is -1.92. The Morgan fingerprint density at radius 3 is 2.58 bits per heavy atom. The van der Waals surface area contributed by atoms with Gasteiger partial charge < -0.3 is 15.4 Å². The second-order valence-corrected chi connectivity index (χ2v) is 11.3. The van der Waals surface area contributed by atoms with Gasteiger partial charge in [0, 0.05) is 35.0 Å². The number of aliphatic hydroxyl groups is 1. The lowest BCUT2D eigenvalue weighted by Crippen LogP contribution is -2.51. The van der Waals surface area contributed by atoms with Crippen LogP contribution in [0.25, 0.3) is 10.9 Å². The normalized spacial score (nSPS) is 37.0. The molecule has 2 heterocycles. The van der Waals surface area contributed by atoms with Gasteiger partial charge >= 0.3 is 0 Å². The van der Waals surface area contributed by atoms with Gasteiger partial charge in [-0.3, -0.25) is 14.4 Å². The van der Waals surface area contributed by atoms with Crippen molar-refractivity contribution in [3.63, 3.8) is 0 Å². The molecule has 0 unspecified atom stereocenters. The molecule has 6 nitrogen and oxygen atoms in total. The SMILES string of the molecule is CC1=C[C@@H]2/C=C/C[C@H](C)/C=C(\C)[C@@H](O)C(=O)/C=C/C(=O)[C@]23C(=O)N[C@@H](Cc2c[nH]c4ccccc24)[C@@H]3[C@@H]1C. The summed E-state index contributed by atoms with van der Waals surface area (Å²) >= 11 is 0. The molecule has 1 fully saturated rings. The highest BCUT2D eigenvalue weighted by atomic mass is 16.3. The van der Waals surface area contributed by atoms with Gasteiger partial charge in [0.15, 0.2) is 11.6 Å². The number of carbonyl (C=O) groups excluding carboxylic acids is 3. The number of hydrogen-bond donors (Lipinski definition) is 3. The molecule has 1 saturated heterocycles. The van der Waals surface area contributed by atoms with E-state index in [1.807, 2.05) is 49.5 Å². The molecule has 1 amide bonds. The number of carbonyl (C=O) groups is 3. The van der Waals surface area contributed by atoms with E-state index in [-0.39, 0.29) is 35.5 Å². The van der Waals surface area contributed by atoms with Gasteiger partial charge in [-0.05, 0) is 67.9 Å². The van der Waals surface area contributed by atoms with E-state index in [0.717, 1.165) is 28.1 Å². The lowest BCUT2D eigenvalue weighted by Gasteiger charge is -2.44. The Kier molecular flexibility index (Phi) is 6.86. The second kappa shape index (κ2) is 9.99. The third kappa shape index (κ3) is 4.21. The van der Waals surface area contributed by atoms with Crippen LogP contribution in [-0.2, 0) is 20.8 Å². The fraction of sp³-hybridized carbons (Fsp3) is 0.406. The van der Waals surface area contributed by atoms with Crippen LogP contribution in [0, 0.1) is 29.1 Å². The molecule has 5 rings (SSSR count). The van der Waals surface area contributed by atoms with E-state index in [1.165, 1.54) is 6.08 Å².